The van der Waals surface area contributed by atoms with E-state index in [1.807, 2.05) is 42.5 Å². The van der Waals surface area contributed by atoms with Gasteiger partial charge < -0.3 is 4.90 Å². The molecule has 118 valence electrons. The molecular weight excluding hydrogens is 376 g/mol. The van der Waals surface area contributed by atoms with Crippen LogP contribution < -0.4 is 0 Å². The van der Waals surface area contributed by atoms with Gasteiger partial charge in [0.25, 0.3) is 5.91 Å². The molecule has 0 radical (unpaired) electrons. The Hall–Kier alpha value is -1.83. The molecule has 1 amide bonds. The second kappa shape index (κ2) is 8.71. The van der Waals surface area contributed by atoms with Crippen molar-refractivity contribution in [2.75, 3.05) is 12.4 Å². The Labute approximate surface area is 149 Å². The van der Waals surface area contributed by atoms with Gasteiger partial charge in [-0.15, -0.1) is 11.6 Å². The van der Waals surface area contributed by atoms with E-state index >= 15 is 0 Å². The number of benzene rings is 2. The number of rotatable bonds is 6. The highest BCUT2D eigenvalue weighted by atomic mass is 79.9. The summed E-state index contributed by atoms with van der Waals surface area (Å²) in [7, 11) is 0. The molecular formula is C18H16BrClN2O. The average molecular weight is 392 g/mol. The van der Waals surface area contributed by atoms with E-state index in [1.54, 1.807) is 17.0 Å². The van der Waals surface area contributed by atoms with Gasteiger partial charge in [-0.3, -0.25) is 4.79 Å². The van der Waals surface area contributed by atoms with Crippen LogP contribution in [0.25, 0.3) is 0 Å². The summed E-state index contributed by atoms with van der Waals surface area (Å²) in [5, 5.41) is 9.60. The first-order chi connectivity index (χ1) is 11.2. The number of alkyl halides is 1. The number of hydrogen-bond acceptors (Lipinski definition) is 2. The maximum atomic E-state index is 12.9. The number of nitriles is 1. The normalized spacial score (nSPS) is 11.5. The van der Waals surface area contributed by atoms with Crippen molar-refractivity contribution in [3.63, 3.8) is 0 Å². The highest BCUT2D eigenvalue weighted by Gasteiger charge is 2.25. The fraction of sp³-hybridized carbons (Fsp3) is 0.222. The van der Waals surface area contributed by atoms with Crippen LogP contribution in [0.2, 0.25) is 0 Å². The van der Waals surface area contributed by atoms with E-state index in [2.05, 4.69) is 22.0 Å². The molecule has 5 heteroatoms. The number of carbonyl (C=O) groups is 1. The van der Waals surface area contributed by atoms with Crippen molar-refractivity contribution in [2.45, 2.75) is 12.5 Å². The molecule has 23 heavy (non-hydrogen) atoms. The maximum absolute atomic E-state index is 12.9. The van der Waals surface area contributed by atoms with E-state index in [9.17, 15) is 10.1 Å². The molecule has 0 bridgehead atoms. The van der Waals surface area contributed by atoms with Crippen LogP contribution in [0.5, 0.6) is 0 Å². The molecule has 3 nitrogen and oxygen atoms in total. The van der Waals surface area contributed by atoms with E-state index < -0.39 is 6.04 Å². The van der Waals surface area contributed by atoms with Gasteiger partial charge in [-0.05, 0) is 36.2 Å². The summed E-state index contributed by atoms with van der Waals surface area (Å²) in [6.45, 7) is 0.436. The predicted molar refractivity (Wildman–Crippen MR) is 95.3 cm³/mol. The maximum Gasteiger partial charge on any atom is 0.255 e. The Morgan fingerprint density at radius 2 is 1.83 bits per heavy atom. The topological polar surface area (TPSA) is 44.1 Å². The zero-order valence-corrected chi connectivity index (χ0v) is 14.8. The molecule has 0 aliphatic carbocycles. The molecule has 0 fully saturated rings. The van der Waals surface area contributed by atoms with Gasteiger partial charge in [0, 0.05) is 22.5 Å². The van der Waals surface area contributed by atoms with Crippen molar-refractivity contribution in [3.05, 3.63) is 70.2 Å². The first-order valence-corrected chi connectivity index (χ1v) is 8.57. The van der Waals surface area contributed by atoms with Gasteiger partial charge in [-0.1, -0.05) is 46.3 Å². The minimum Gasteiger partial charge on any atom is -0.318 e. The first kappa shape index (κ1) is 17.5. The molecule has 0 aliphatic heterocycles. The smallest absolute Gasteiger partial charge is 0.255 e. The van der Waals surface area contributed by atoms with E-state index in [4.69, 9.17) is 11.6 Å². The Kier molecular flexibility index (Phi) is 6.64. The summed E-state index contributed by atoms with van der Waals surface area (Å²) in [5.74, 6) is 0.273. The number of halogens is 2. The van der Waals surface area contributed by atoms with Crippen molar-refractivity contribution < 1.29 is 4.79 Å². The summed E-state index contributed by atoms with van der Waals surface area (Å²) in [6.07, 6.45) is 0.634. The molecule has 0 N–H and O–H groups in total. The molecule has 0 aromatic heterocycles. The van der Waals surface area contributed by atoms with E-state index in [0.717, 1.165) is 10.0 Å². The molecule has 0 unspecified atom stereocenters. The van der Waals surface area contributed by atoms with Crippen molar-refractivity contribution in [1.29, 1.82) is 5.26 Å². The fourth-order valence-corrected chi connectivity index (χ4v) is 2.68. The third-order valence-corrected chi connectivity index (χ3v) is 4.23. The number of amides is 1. The van der Waals surface area contributed by atoms with Crippen LogP contribution in [0.4, 0.5) is 0 Å². The molecule has 1 atom stereocenters. The standard InChI is InChI=1S/C18H16BrClN2O/c19-16-9-7-15(8-10-16)18(23)22(12-4-11-20)17(13-21)14-5-2-1-3-6-14/h1-3,5-10,17H,4,11-12H2/t17-/m0/s1. The quantitative estimate of drug-likeness (QED) is 0.665. The molecule has 0 saturated heterocycles. The van der Waals surface area contributed by atoms with Crippen LogP contribution >= 0.6 is 27.5 Å². The van der Waals surface area contributed by atoms with Crippen molar-refractivity contribution in [1.82, 2.24) is 4.90 Å². The zero-order valence-electron chi connectivity index (χ0n) is 12.5. The fourth-order valence-electron chi connectivity index (χ4n) is 2.30. The highest BCUT2D eigenvalue weighted by Crippen LogP contribution is 2.23. The van der Waals surface area contributed by atoms with Crippen LogP contribution in [0.15, 0.2) is 59.1 Å². The Morgan fingerprint density at radius 3 is 2.39 bits per heavy atom. The van der Waals surface area contributed by atoms with Gasteiger partial charge in [-0.25, -0.2) is 0 Å². The van der Waals surface area contributed by atoms with Crippen LogP contribution in [0.1, 0.15) is 28.4 Å². The molecule has 0 aliphatic rings. The SMILES string of the molecule is N#C[C@@H](c1ccccc1)N(CCCCl)C(=O)c1ccc(Br)cc1. The van der Waals surface area contributed by atoms with Crippen LogP contribution in [-0.2, 0) is 0 Å². The lowest BCUT2D eigenvalue weighted by molar-refractivity contribution is 0.0717. The van der Waals surface area contributed by atoms with Gasteiger partial charge in [0.1, 0.15) is 6.04 Å². The van der Waals surface area contributed by atoms with Crippen molar-refractivity contribution >= 4 is 33.4 Å². The van der Waals surface area contributed by atoms with Gasteiger partial charge in [0.2, 0.25) is 0 Å². The summed E-state index contributed by atoms with van der Waals surface area (Å²) in [4.78, 5) is 14.4. The second-order valence-corrected chi connectivity index (χ2v) is 6.28. The number of carbonyl (C=O) groups excluding carboxylic acids is 1. The second-order valence-electron chi connectivity index (χ2n) is 4.99. The van der Waals surface area contributed by atoms with E-state index in [1.165, 1.54) is 0 Å². The minimum atomic E-state index is -0.629. The molecule has 2 aromatic carbocycles. The van der Waals surface area contributed by atoms with Gasteiger partial charge in [-0.2, -0.15) is 5.26 Å². The number of nitrogens with zero attached hydrogens (tertiary/aromatic N) is 2. The van der Waals surface area contributed by atoms with E-state index in [-0.39, 0.29) is 5.91 Å². The van der Waals surface area contributed by atoms with Crippen molar-refractivity contribution in [3.8, 4) is 6.07 Å². The minimum absolute atomic E-state index is 0.169. The van der Waals surface area contributed by atoms with Crippen molar-refractivity contribution in [2.24, 2.45) is 0 Å². The third-order valence-electron chi connectivity index (χ3n) is 3.43. The van der Waals surface area contributed by atoms with Crippen LogP contribution in [-0.4, -0.2) is 23.2 Å². The Balaban J connectivity index is 2.33. The summed E-state index contributed by atoms with van der Waals surface area (Å²) in [5.41, 5.74) is 1.36. The lowest BCUT2D eigenvalue weighted by Gasteiger charge is -2.27. The average Bonchev–Trinajstić information content (AvgIpc) is 2.59. The summed E-state index contributed by atoms with van der Waals surface area (Å²) >= 11 is 9.14. The number of hydrogen-bond donors (Lipinski definition) is 0. The van der Waals surface area contributed by atoms with Gasteiger partial charge in [0.15, 0.2) is 0 Å². The van der Waals surface area contributed by atoms with Crippen LogP contribution in [0, 0.1) is 11.3 Å². The monoisotopic (exact) mass is 390 g/mol. The third kappa shape index (κ3) is 4.57. The van der Waals surface area contributed by atoms with E-state index in [0.29, 0.717) is 24.4 Å². The lowest BCUT2D eigenvalue weighted by Crippen LogP contribution is -2.35. The van der Waals surface area contributed by atoms with Gasteiger partial charge in [0.05, 0.1) is 6.07 Å². The summed E-state index contributed by atoms with van der Waals surface area (Å²) < 4.78 is 0.904. The Morgan fingerprint density at radius 1 is 1.17 bits per heavy atom. The lowest BCUT2D eigenvalue weighted by atomic mass is 10.0. The summed E-state index contributed by atoms with van der Waals surface area (Å²) in [6, 6.07) is 18.1. The Bertz CT molecular complexity index is 682. The molecule has 0 saturated carbocycles. The first-order valence-electron chi connectivity index (χ1n) is 7.24. The predicted octanol–water partition coefficient (Wildman–Crippen LogP) is 4.79. The highest BCUT2D eigenvalue weighted by molar-refractivity contribution is 9.10. The molecule has 2 rings (SSSR count). The largest absolute Gasteiger partial charge is 0.318 e. The molecule has 0 heterocycles. The van der Waals surface area contributed by atoms with Crippen LogP contribution in [0.3, 0.4) is 0 Å². The molecule has 2 aromatic rings. The zero-order chi connectivity index (χ0) is 16.7. The van der Waals surface area contributed by atoms with Gasteiger partial charge >= 0.3 is 0 Å². The molecule has 0 spiro atoms.